The van der Waals surface area contributed by atoms with E-state index in [4.69, 9.17) is 4.74 Å². The molecule has 0 aromatic heterocycles. The van der Waals surface area contributed by atoms with Gasteiger partial charge in [0.15, 0.2) is 11.6 Å². The van der Waals surface area contributed by atoms with Gasteiger partial charge in [-0.05, 0) is 42.7 Å². The molecule has 126 valence electrons. The summed E-state index contributed by atoms with van der Waals surface area (Å²) in [4.78, 5) is 11.9. The molecule has 2 aromatic rings. The zero-order valence-electron chi connectivity index (χ0n) is 12.8. The third kappa shape index (κ3) is 3.89. The third-order valence-corrected chi connectivity index (χ3v) is 3.82. The van der Waals surface area contributed by atoms with Crippen molar-refractivity contribution in [1.82, 2.24) is 0 Å². The van der Waals surface area contributed by atoms with Crippen LogP contribution in [-0.2, 0) is 4.79 Å². The molecule has 2 aromatic carbocycles. The van der Waals surface area contributed by atoms with Crippen molar-refractivity contribution in [2.75, 3.05) is 11.9 Å². The van der Waals surface area contributed by atoms with E-state index in [9.17, 15) is 18.7 Å². The molecule has 6 heteroatoms. The van der Waals surface area contributed by atoms with Crippen LogP contribution in [0.2, 0.25) is 0 Å². The van der Waals surface area contributed by atoms with Gasteiger partial charge in [0.2, 0.25) is 5.91 Å². The van der Waals surface area contributed by atoms with Gasteiger partial charge >= 0.3 is 0 Å². The first-order valence-corrected chi connectivity index (χ1v) is 7.70. The molecule has 0 bridgehead atoms. The van der Waals surface area contributed by atoms with Gasteiger partial charge in [0.05, 0.1) is 5.69 Å². The van der Waals surface area contributed by atoms with E-state index in [1.165, 1.54) is 6.07 Å². The maximum atomic E-state index is 13.2. The van der Waals surface area contributed by atoms with Gasteiger partial charge in [0.1, 0.15) is 18.5 Å². The van der Waals surface area contributed by atoms with Crippen LogP contribution in [0.4, 0.5) is 14.5 Å². The van der Waals surface area contributed by atoms with E-state index >= 15 is 0 Å². The highest BCUT2D eigenvalue weighted by Crippen LogP contribution is 2.32. The number of para-hydroxylation sites is 2. The molecule has 2 N–H and O–H groups in total. The first-order valence-electron chi connectivity index (χ1n) is 7.70. The number of halogens is 2. The van der Waals surface area contributed by atoms with E-state index in [2.05, 4.69) is 5.32 Å². The number of hydrogen-bond donors (Lipinski definition) is 2. The normalized spacial score (nSPS) is 15.0. The standard InChI is InChI=1S/C18H17F2NO3/c19-13-8-7-12(9-14(13)20)16(22)10-24-17-4-2-1-3-15(17)21-18(23)11-5-6-11/h1-4,7-9,11,16,22H,5-6,10H2,(H,21,23). The average Bonchev–Trinajstić information content (AvgIpc) is 3.41. The Labute approximate surface area is 138 Å². The van der Waals surface area contributed by atoms with Crippen LogP contribution in [-0.4, -0.2) is 17.6 Å². The molecular weight excluding hydrogens is 316 g/mol. The summed E-state index contributed by atoms with van der Waals surface area (Å²) < 4.78 is 31.7. The van der Waals surface area contributed by atoms with Crippen LogP contribution in [0.15, 0.2) is 42.5 Å². The van der Waals surface area contributed by atoms with Crippen LogP contribution in [0.25, 0.3) is 0 Å². The van der Waals surface area contributed by atoms with E-state index in [0.29, 0.717) is 11.4 Å². The van der Waals surface area contributed by atoms with Crippen molar-refractivity contribution in [3.05, 3.63) is 59.7 Å². The maximum absolute atomic E-state index is 13.2. The fourth-order valence-corrected chi connectivity index (χ4v) is 2.26. The Morgan fingerprint density at radius 3 is 2.67 bits per heavy atom. The molecule has 0 heterocycles. The Hall–Kier alpha value is -2.47. The number of aliphatic hydroxyl groups is 1. The minimum absolute atomic E-state index is 0.0489. The third-order valence-electron chi connectivity index (χ3n) is 3.82. The van der Waals surface area contributed by atoms with E-state index in [-0.39, 0.29) is 24.0 Å². The lowest BCUT2D eigenvalue weighted by Crippen LogP contribution is -2.15. The monoisotopic (exact) mass is 333 g/mol. The molecule has 0 saturated heterocycles. The number of aliphatic hydroxyl groups excluding tert-OH is 1. The maximum Gasteiger partial charge on any atom is 0.227 e. The van der Waals surface area contributed by atoms with Crippen molar-refractivity contribution in [1.29, 1.82) is 0 Å². The Morgan fingerprint density at radius 1 is 1.21 bits per heavy atom. The Kier molecular flexibility index (Phi) is 4.76. The van der Waals surface area contributed by atoms with Crippen molar-refractivity contribution in [2.45, 2.75) is 18.9 Å². The fourth-order valence-electron chi connectivity index (χ4n) is 2.26. The average molecular weight is 333 g/mol. The fraction of sp³-hybridized carbons (Fsp3) is 0.278. The molecular formula is C18H17F2NO3. The number of carbonyl (C=O) groups is 1. The van der Waals surface area contributed by atoms with Crippen molar-refractivity contribution >= 4 is 11.6 Å². The van der Waals surface area contributed by atoms with Gasteiger partial charge in [-0.1, -0.05) is 18.2 Å². The lowest BCUT2D eigenvalue weighted by atomic mass is 10.1. The summed E-state index contributed by atoms with van der Waals surface area (Å²) in [6.45, 7) is -0.151. The van der Waals surface area contributed by atoms with E-state index < -0.39 is 17.7 Å². The number of nitrogens with one attached hydrogen (secondary N) is 1. The smallest absolute Gasteiger partial charge is 0.227 e. The predicted molar refractivity (Wildman–Crippen MR) is 84.6 cm³/mol. The lowest BCUT2D eigenvalue weighted by Gasteiger charge is -2.16. The van der Waals surface area contributed by atoms with Crippen molar-refractivity contribution in [3.8, 4) is 5.75 Å². The molecule has 1 unspecified atom stereocenters. The highest BCUT2D eigenvalue weighted by Gasteiger charge is 2.30. The van der Waals surface area contributed by atoms with E-state index in [0.717, 1.165) is 25.0 Å². The summed E-state index contributed by atoms with van der Waals surface area (Å²) in [7, 11) is 0. The first-order chi connectivity index (χ1) is 11.5. The second-order valence-electron chi connectivity index (χ2n) is 5.76. The van der Waals surface area contributed by atoms with Crippen LogP contribution in [0.1, 0.15) is 24.5 Å². The Morgan fingerprint density at radius 2 is 1.96 bits per heavy atom. The quantitative estimate of drug-likeness (QED) is 0.851. The molecule has 0 radical (unpaired) electrons. The minimum Gasteiger partial charge on any atom is -0.488 e. The van der Waals surface area contributed by atoms with Crippen LogP contribution in [0.3, 0.4) is 0 Å². The molecule has 1 atom stereocenters. The molecule has 1 aliphatic carbocycles. The van der Waals surface area contributed by atoms with E-state index in [1.807, 2.05) is 0 Å². The summed E-state index contributed by atoms with van der Waals surface area (Å²) in [5, 5.41) is 12.9. The van der Waals surface area contributed by atoms with Crippen LogP contribution < -0.4 is 10.1 Å². The molecule has 0 aliphatic heterocycles. The number of anilines is 1. The number of benzene rings is 2. The minimum atomic E-state index is -1.12. The largest absolute Gasteiger partial charge is 0.488 e. The zero-order chi connectivity index (χ0) is 17.1. The molecule has 1 aliphatic rings. The van der Waals surface area contributed by atoms with Crippen molar-refractivity contribution < 1.29 is 23.4 Å². The van der Waals surface area contributed by atoms with Crippen LogP contribution in [0, 0.1) is 17.6 Å². The zero-order valence-corrected chi connectivity index (χ0v) is 12.8. The van der Waals surface area contributed by atoms with Gasteiger partial charge in [-0.25, -0.2) is 8.78 Å². The van der Waals surface area contributed by atoms with Crippen LogP contribution in [0.5, 0.6) is 5.75 Å². The first kappa shape index (κ1) is 16.4. The second kappa shape index (κ2) is 6.97. The SMILES string of the molecule is O=C(Nc1ccccc1OCC(O)c1ccc(F)c(F)c1)C1CC1. The second-order valence-corrected chi connectivity index (χ2v) is 5.76. The molecule has 0 spiro atoms. The highest BCUT2D eigenvalue weighted by atomic mass is 19.2. The van der Waals surface area contributed by atoms with Gasteiger partial charge in [-0.15, -0.1) is 0 Å². The van der Waals surface area contributed by atoms with Gasteiger partial charge in [0, 0.05) is 5.92 Å². The predicted octanol–water partition coefficient (Wildman–Crippen LogP) is 3.43. The summed E-state index contributed by atoms with van der Waals surface area (Å²) in [5.74, 6) is -1.57. The summed E-state index contributed by atoms with van der Waals surface area (Å²) >= 11 is 0. The number of carbonyl (C=O) groups excluding carboxylic acids is 1. The number of rotatable bonds is 6. The van der Waals surface area contributed by atoms with Crippen molar-refractivity contribution in [2.24, 2.45) is 5.92 Å². The molecule has 3 rings (SSSR count). The number of amides is 1. The van der Waals surface area contributed by atoms with Gasteiger partial charge in [-0.3, -0.25) is 4.79 Å². The summed E-state index contributed by atoms with van der Waals surface area (Å²) in [6, 6.07) is 10.1. The number of ether oxygens (including phenoxy) is 1. The summed E-state index contributed by atoms with van der Waals surface area (Å²) in [6.07, 6.45) is 0.667. The summed E-state index contributed by atoms with van der Waals surface area (Å²) in [5.41, 5.74) is 0.736. The van der Waals surface area contributed by atoms with Gasteiger partial charge in [0.25, 0.3) is 0 Å². The number of hydrogen-bond acceptors (Lipinski definition) is 3. The Bertz CT molecular complexity index is 747. The topological polar surface area (TPSA) is 58.6 Å². The molecule has 1 amide bonds. The van der Waals surface area contributed by atoms with Crippen molar-refractivity contribution in [3.63, 3.8) is 0 Å². The molecule has 1 saturated carbocycles. The molecule has 4 nitrogen and oxygen atoms in total. The molecule has 24 heavy (non-hydrogen) atoms. The van der Waals surface area contributed by atoms with Gasteiger partial charge < -0.3 is 15.2 Å². The molecule has 1 fully saturated rings. The highest BCUT2D eigenvalue weighted by molar-refractivity contribution is 5.95. The lowest BCUT2D eigenvalue weighted by molar-refractivity contribution is -0.117. The van der Waals surface area contributed by atoms with Crippen LogP contribution >= 0.6 is 0 Å². The van der Waals surface area contributed by atoms with Gasteiger partial charge in [-0.2, -0.15) is 0 Å². The van der Waals surface area contributed by atoms with E-state index in [1.54, 1.807) is 24.3 Å². The Balaban J connectivity index is 1.65.